The molecule has 1 atom stereocenters. The molecule has 0 rings (SSSR count). The van der Waals surface area contributed by atoms with Crippen LogP contribution in [0.15, 0.2) is 0 Å². The van der Waals surface area contributed by atoms with Crippen LogP contribution in [0.4, 0.5) is 0 Å². The summed E-state index contributed by atoms with van der Waals surface area (Å²) in [4.78, 5) is 24.5. The van der Waals surface area contributed by atoms with Gasteiger partial charge in [0.1, 0.15) is 0 Å². The number of ether oxygens (including phenoxy) is 2. The van der Waals surface area contributed by atoms with Crippen molar-refractivity contribution in [3.05, 3.63) is 0 Å². The highest BCUT2D eigenvalue weighted by Gasteiger charge is 2.41. The molecule has 0 radical (unpaired) electrons. The smallest absolute Gasteiger partial charge is 0.320 e. The van der Waals surface area contributed by atoms with Gasteiger partial charge in [-0.15, -0.1) is 0 Å². The summed E-state index contributed by atoms with van der Waals surface area (Å²) in [7, 11) is 2.61. The Hall–Kier alpha value is -0.660. The fourth-order valence-corrected chi connectivity index (χ4v) is 3.67. The van der Waals surface area contributed by atoms with Crippen LogP contribution in [0.2, 0.25) is 0 Å². The van der Waals surface area contributed by atoms with E-state index in [4.69, 9.17) is 34.5 Å². The van der Waals surface area contributed by atoms with Crippen molar-refractivity contribution in [1.82, 2.24) is 0 Å². The molecule has 5 nitrogen and oxygen atoms in total. The Balaban J connectivity index is 5.24. The zero-order valence-electron chi connectivity index (χ0n) is 16.8. The SMILES string of the molecule is CCCCCC[N+](S)(CCCCCC)C(=S)C(CC(=O)OC)C(=O)OC. The monoisotopic (exact) mass is 406 g/mol. The number of esters is 2. The molecule has 0 bridgehead atoms. The lowest BCUT2D eigenvalue weighted by Crippen LogP contribution is -2.50. The van der Waals surface area contributed by atoms with Gasteiger partial charge < -0.3 is 9.47 Å². The molecule has 0 aromatic rings. The van der Waals surface area contributed by atoms with E-state index in [1.807, 2.05) is 0 Å². The zero-order chi connectivity index (χ0) is 20.0. The van der Waals surface area contributed by atoms with E-state index >= 15 is 0 Å². The van der Waals surface area contributed by atoms with Crippen LogP contribution in [0, 0.1) is 5.92 Å². The summed E-state index contributed by atoms with van der Waals surface area (Å²) < 4.78 is 9.84. The minimum absolute atomic E-state index is 0.105. The van der Waals surface area contributed by atoms with Gasteiger partial charge in [0.05, 0.1) is 46.5 Å². The number of nitrogens with zero attached hydrogens (tertiary/aromatic N) is 1. The van der Waals surface area contributed by atoms with E-state index in [-0.39, 0.29) is 10.3 Å². The minimum Gasteiger partial charge on any atom is -0.469 e. The lowest BCUT2D eigenvalue weighted by molar-refractivity contribution is -0.696. The molecular formula is C19H36NO4S2+. The van der Waals surface area contributed by atoms with Crippen LogP contribution >= 0.6 is 25.0 Å². The molecule has 0 aromatic heterocycles. The van der Waals surface area contributed by atoms with Crippen LogP contribution in [-0.2, 0) is 19.1 Å². The van der Waals surface area contributed by atoms with Gasteiger partial charge in [0.2, 0.25) is 4.99 Å². The molecule has 0 aromatic carbocycles. The van der Waals surface area contributed by atoms with E-state index in [1.54, 1.807) is 0 Å². The van der Waals surface area contributed by atoms with Crippen LogP contribution in [0.5, 0.6) is 0 Å². The lowest BCUT2D eigenvalue weighted by atomic mass is 10.0. The second kappa shape index (κ2) is 14.4. The summed E-state index contributed by atoms with van der Waals surface area (Å²) in [6.07, 6.45) is 8.71. The van der Waals surface area contributed by atoms with E-state index in [2.05, 4.69) is 13.8 Å². The third-order valence-corrected chi connectivity index (χ3v) is 5.94. The Morgan fingerprint density at radius 3 is 1.81 bits per heavy atom. The number of carbonyl (C=O) groups excluding carboxylic acids is 2. The predicted molar refractivity (Wildman–Crippen MR) is 112 cm³/mol. The van der Waals surface area contributed by atoms with Crippen LogP contribution in [0.3, 0.4) is 0 Å². The molecule has 0 fully saturated rings. The number of quaternary nitrogens is 1. The number of unbranched alkanes of at least 4 members (excludes halogenated alkanes) is 6. The maximum absolute atomic E-state index is 12.2. The van der Waals surface area contributed by atoms with Crippen molar-refractivity contribution in [3.63, 3.8) is 0 Å². The maximum Gasteiger partial charge on any atom is 0.320 e. The average molecular weight is 407 g/mol. The lowest BCUT2D eigenvalue weighted by Gasteiger charge is -2.34. The third-order valence-electron chi connectivity index (χ3n) is 4.56. The second-order valence-corrected chi connectivity index (χ2v) is 7.87. The van der Waals surface area contributed by atoms with Crippen LogP contribution in [0.1, 0.15) is 71.6 Å². The molecule has 0 saturated carbocycles. The Morgan fingerprint density at radius 1 is 0.923 bits per heavy atom. The molecule has 0 aliphatic heterocycles. The van der Waals surface area contributed by atoms with Crippen molar-refractivity contribution in [3.8, 4) is 0 Å². The van der Waals surface area contributed by atoms with E-state index < -0.39 is 17.9 Å². The predicted octanol–water partition coefficient (Wildman–Crippen LogP) is 4.49. The van der Waals surface area contributed by atoms with Crippen molar-refractivity contribution in [1.29, 1.82) is 0 Å². The van der Waals surface area contributed by atoms with Crippen LogP contribution in [0.25, 0.3) is 0 Å². The largest absolute Gasteiger partial charge is 0.469 e. The fraction of sp³-hybridized carbons (Fsp3) is 0.842. The molecule has 0 saturated heterocycles. The molecular weight excluding hydrogens is 370 g/mol. The average Bonchev–Trinajstić information content (AvgIpc) is 2.65. The van der Waals surface area contributed by atoms with Crippen molar-refractivity contribution < 1.29 is 23.0 Å². The molecule has 0 amide bonds. The topological polar surface area (TPSA) is 52.6 Å². The quantitative estimate of drug-likeness (QED) is 0.151. The molecule has 0 N–H and O–H groups in total. The number of methoxy groups -OCH3 is 2. The van der Waals surface area contributed by atoms with Crippen molar-refractivity contribution in [2.45, 2.75) is 71.6 Å². The van der Waals surface area contributed by atoms with Gasteiger partial charge in [-0.1, -0.05) is 39.5 Å². The zero-order valence-corrected chi connectivity index (χ0v) is 18.5. The van der Waals surface area contributed by atoms with Gasteiger partial charge in [0, 0.05) is 0 Å². The molecule has 1 unspecified atom stereocenters. The Kier molecular flexibility index (Phi) is 14.0. The van der Waals surface area contributed by atoms with Gasteiger partial charge >= 0.3 is 11.9 Å². The number of hydrogen-bond donors (Lipinski definition) is 1. The summed E-state index contributed by atoms with van der Waals surface area (Å²) >= 11 is 10.5. The Morgan fingerprint density at radius 2 is 1.42 bits per heavy atom. The van der Waals surface area contributed by atoms with Gasteiger partial charge in [0.15, 0.2) is 5.92 Å². The van der Waals surface area contributed by atoms with E-state index in [0.717, 1.165) is 51.6 Å². The van der Waals surface area contributed by atoms with E-state index in [9.17, 15) is 9.59 Å². The van der Waals surface area contributed by atoms with Crippen molar-refractivity contribution in [2.75, 3.05) is 27.3 Å². The highest BCUT2D eigenvalue weighted by atomic mass is 32.1. The molecule has 152 valence electrons. The number of hydrogen-bond acceptors (Lipinski definition) is 6. The van der Waals surface area contributed by atoms with Gasteiger partial charge in [-0.05, 0) is 37.9 Å². The van der Waals surface area contributed by atoms with Crippen molar-refractivity contribution in [2.24, 2.45) is 5.92 Å². The normalized spacial score (nSPS) is 12.5. The summed E-state index contributed by atoms with van der Waals surface area (Å²) in [5.41, 5.74) is 0. The van der Waals surface area contributed by atoms with Gasteiger partial charge in [0.25, 0.3) is 0 Å². The number of carbonyl (C=O) groups is 2. The van der Waals surface area contributed by atoms with E-state index in [0.29, 0.717) is 4.99 Å². The summed E-state index contributed by atoms with van der Waals surface area (Å²) in [6.45, 7) is 5.84. The van der Waals surface area contributed by atoms with Crippen LogP contribution in [-0.4, -0.2) is 48.1 Å². The highest BCUT2D eigenvalue weighted by Crippen LogP contribution is 2.26. The molecule has 0 heterocycles. The molecule has 0 aliphatic carbocycles. The van der Waals surface area contributed by atoms with Gasteiger partial charge in [-0.25, -0.2) is 3.89 Å². The molecule has 26 heavy (non-hydrogen) atoms. The second-order valence-electron chi connectivity index (χ2n) is 6.69. The van der Waals surface area contributed by atoms with E-state index in [1.165, 1.54) is 27.1 Å². The summed E-state index contributed by atoms with van der Waals surface area (Å²) in [5.74, 6) is -1.78. The fourth-order valence-electron chi connectivity index (χ4n) is 2.89. The maximum atomic E-state index is 12.2. The standard InChI is InChI=1S/C19H36NO4S2/c1-5-7-9-11-13-20(26,14-12-10-8-6-2)18(25)16(19(22)24-4)15-17(21)23-3/h16,26H,5-15H2,1-4H3/q+1. The first-order chi connectivity index (χ1) is 12.4. The Bertz CT molecular complexity index is 431. The number of thiocarbonyl (C=S) groups is 1. The molecule has 7 heteroatoms. The number of thiol groups is 1. The Labute approximate surface area is 169 Å². The molecule has 0 spiro atoms. The van der Waals surface area contributed by atoms with Gasteiger partial charge in [-0.2, -0.15) is 0 Å². The number of rotatable bonds is 14. The minimum atomic E-state index is -0.808. The summed E-state index contributed by atoms with van der Waals surface area (Å²) in [5, 5.41) is 0. The molecule has 0 aliphatic rings. The van der Waals surface area contributed by atoms with Crippen molar-refractivity contribution >= 4 is 42.0 Å². The first-order valence-corrected chi connectivity index (χ1v) is 10.5. The third kappa shape index (κ3) is 9.33. The first kappa shape index (κ1) is 25.3. The van der Waals surface area contributed by atoms with Crippen LogP contribution < -0.4 is 0 Å². The summed E-state index contributed by atoms with van der Waals surface area (Å²) in [6, 6.07) is 0. The first-order valence-electron chi connectivity index (χ1n) is 9.65. The van der Waals surface area contributed by atoms with Gasteiger partial charge in [-0.3, -0.25) is 9.59 Å². The highest BCUT2D eigenvalue weighted by molar-refractivity contribution is 7.82.